The van der Waals surface area contributed by atoms with Crippen molar-refractivity contribution in [1.82, 2.24) is 30.2 Å². The molecule has 8 heteroatoms. The second kappa shape index (κ2) is 5.30. The molecule has 7 nitrogen and oxygen atoms in total. The lowest BCUT2D eigenvalue weighted by Crippen LogP contribution is -2.19. The molecule has 0 amide bonds. The van der Waals surface area contributed by atoms with Crippen molar-refractivity contribution < 1.29 is 0 Å². The van der Waals surface area contributed by atoms with Crippen molar-refractivity contribution in [3.8, 4) is 0 Å². The van der Waals surface area contributed by atoms with Crippen molar-refractivity contribution in [2.24, 2.45) is 0 Å². The first-order valence-electron chi connectivity index (χ1n) is 6.94. The number of rotatable bonds is 4. The van der Waals surface area contributed by atoms with Crippen molar-refractivity contribution in [3.63, 3.8) is 0 Å². The molecular formula is C14H13N7S. The van der Waals surface area contributed by atoms with Crippen LogP contribution in [0.2, 0.25) is 0 Å². The SMILES string of the molecule is CC(Cc1nc2ccccc2s1)Nc1ccc2nnnn2n1. The molecule has 0 bridgehead atoms. The lowest BCUT2D eigenvalue weighted by molar-refractivity contribution is 0.719. The van der Waals surface area contributed by atoms with Crippen LogP contribution in [0.1, 0.15) is 11.9 Å². The van der Waals surface area contributed by atoms with Crippen LogP contribution < -0.4 is 5.32 Å². The van der Waals surface area contributed by atoms with Gasteiger partial charge in [-0.05, 0) is 41.6 Å². The number of nitrogens with one attached hydrogen (secondary N) is 1. The van der Waals surface area contributed by atoms with E-state index in [4.69, 9.17) is 0 Å². The molecule has 0 radical (unpaired) electrons. The quantitative estimate of drug-likeness (QED) is 0.622. The molecule has 1 atom stereocenters. The van der Waals surface area contributed by atoms with Gasteiger partial charge in [0.25, 0.3) is 0 Å². The number of benzene rings is 1. The number of aromatic nitrogens is 6. The van der Waals surface area contributed by atoms with E-state index in [0.29, 0.717) is 5.65 Å². The third-order valence-electron chi connectivity index (χ3n) is 3.28. The van der Waals surface area contributed by atoms with Crippen LogP contribution in [0.5, 0.6) is 0 Å². The van der Waals surface area contributed by atoms with E-state index in [1.807, 2.05) is 30.3 Å². The van der Waals surface area contributed by atoms with Gasteiger partial charge in [-0.1, -0.05) is 12.1 Å². The van der Waals surface area contributed by atoms with Gasteiger partial charge in [0.2, 0.25) is 0 Å². The Balaban J connectivity index is 1.50. The minimum Gasteiger partial charge on any atom is -0.366 e. The Labute approximate surface area is 130 Å². The first-order chi connectivity index (χ1) is 10.8. The Hall–Kier alpha value is -2.61. The van der Waals surface area contributed by atoms with Gasteiger partial charge in [-0.25, -0.2) is 4.98 Å². The predicted octanol–water partition coefficient (Wildman–Crippen LogP) is 2.17. The van der Waals surface area contributed by atoms with Crippen molar-refractivity contribution >= 4 is 33.0 Å². The highest BCUT2D eigenvalue weighted by molar-refractivity contribution is 7.18. The smallest absolute Gasteiger partial charge is 0.200 e. The fraction of sp³-hybridized carbons (Fsp3) is 0.214. The number of hydrogen-bond donors (Lipinski definition) is 1. The third-order valence-corrected chi connectivity index (χ3v) is 4.34. The number of tetrazole rings is 1. The highest BCUT2D eigenvalue weighted by Gasteiger charge is 2.10. The molecule has 1 unspecified atom stereocenters. The predicted molar refractivity (Wildman–Crippen MR) is 85.0 cm³/mol. The van der Waals surface area contributed by atoms with Gasteiger partial charge in [-0.3, -0.25) is 0 Å². The minimum absolute atomic E-state index is 0.210. The normalized spacial score (nSPS) is 12.8. The fourth-order valence-electron chi connectivity index (χ4n) is 2.30. The van der Waals surface area contributed by atoms with Crippen LogP contribution in [0.25, 0.3) is 15.9 Å². The van der Waals surface area contributed by atoms with Crippen LogP contribution in [-0.2, 0) is 6.42 Å². The maximum atomic E-state index is 4.66. The van der Waals surface area contributed by atoms with E-state index in [-0.39, 0.29) is 6.04 Å². The lowest BCUT2D eigenvalue weighted by atomic mass is 10.2. The average molecular weight is 311 g/mol. The van der Waals surface area contributed by atoms with Gasteiger partial charge in [-0.15, -0.1) is 26.2 Å². The molecular weight excluding hydrogens is 298 g/mol. The second-order valence-electron chi connectivity index (χ2n) is 5.07. The summed E-state index contributed by atoms with van der Waals surface area (Å²) >= 11 is 1.73. The molecule has 110 valence electrons. The summed E-state index contributed by atoms with van der Waals surface area (Å²) in [6, 6.07) is 12.1. The van der Waals surface area contributed by atoms with Crippen molar-refractivity contribution in [2.75, 3.05) is 5.32 Å². The highest BCUT2D eigenvalue weighted by Crippen LogP contribution is 2.22. The average Bonchev–Trinajstić information content (AvgIpc) is 3.11. The Bertz CT molecular complexity index is 892. The number of fused-ring (bicyclic) bond motifs is 2. The van der Waals surface area contributed by atoms with E-state index in [2.05, 4.69) is 43.9 Å². The van der Waals surface area contributed by atoms with E-state index >= 15 is 0 Å². The van der Waals surface area contributed by atoms with Crippen LogP contribution in [0, 0.1) is 0 Å². The number of hydrogen-bond acceptors (Lipinski definition) is 7. The van der Waals surface area contributed by atoms with E-state index in [0.717, 1.165) is 22.8 Å². The molecule has 0 saturated carbocycles. The first kappa shape index (κ1) is 13.1. The number of nitrogens with zero attached hydrogens (tertiary/aromatic N) is 6. The fourth-order valence-corrected chi connectivity index (χ4v) is 3.40. The zero-order chi connectivity index (χ0) is 14.9. The lowest BCUT2D eigenvalue weighted by Gasteiger charge is -2.12. The number of anilines is 1. The van der Waals surface area contributed by atoms with Gasteiger partial charge in [0.15, 0.2) is 5.65 Å². The van der Waals surface area contributed by atoms with Gasteiger partial charge < -0.3 is 5.32 Å². The summed E-state index contributed by atoms with van der Waals surface area (Å²) in [6.07, 6.45) is 0.842. The second-order valence-corrected chi connectivity index (χ2v) is 6.19. The van der Waals surface area contributed by atoms with Crippen molar-refractivity contribution in [3.05, 3.63) is 41.4 Å². The molecule has 0 aliphatic heterocycles. The number of thiazole rings is 1. The summed E-state index contributed by atoms with van der Waals surface area (Å²) in [5.41, 5.74) is 1.69. The maximum Gasteiger partial charge on any atom is 0.200 e. The Morgan fingerprint density at radius 1 is 1.23 bits per heavy atom. The zero-order valence-corrected chi connectivity index (χ0v) is 12.7. The van der Waals surface area contributed by atoms with Crippen molar-refractivity contribution in [1.29, 1.82) is 0 Å². The molecule has 0 aliphatic carbocycles. The van der Waals surface area contributed by atoms with Crippen LogP contribution in [0.3, 0.4) is 0 Å². The molecule has 4 rings (SSSR count). The molecule has 0 saturated heterocycles. The van der Waals surface area contributed by atoms with Gasteiger partial charge in [-0.2, -0.15) is 0 Å². The molecule has 1 aromatic carbocycles. The van der Waals surface area contributed by atoms with E-state index in [1.54, 1.807) is 11.3 Å². The molecule has 0 fully saturated rings. The topological polar surface area (TPSA) is 80.9 Å². The first-order valence-corrected chi connectivity index (χ1v) is 7.76. The Morgan fingerprint density at radius 2 is 2.14 bits per heavy atom. The van der Waals surface area contributed by atoms with Gasteiger partial charge in [0.1, 0.15) is 5.82 Å². The summed E-state index contributed by atoms with van der Waals surface area (Å²) in [4.78, 5) is 4.66. The minimum atomic E-state index is 0.210. The Kier molecular flexibility index (Phi) is 3.15. The number of para-hydroxylation sites is 1. The maximum absolute atomic E-state index is 4.66. The summed E-state index contributed by atoms with van der Waals surface area (Å²) in [5.74, 6) is 0.744. The van der Waals surface area contributed by atoms with E-state index in [9.17, 15) is 0 Å². The molecule has 0 aliphatic rings. The molecule has 3 heterocycles. The largest absolute Gasteiger partial charge is 0.366 e. The molecule has 3 aromatic heterocycles. The molecule has 1 N–H and O–H groups in total. The van der Waals surface area contributed by atoms with Crippen LogP contribution >= 0.6 is 11.3 Å². The monoisotopic (exact) mass is 311 g/mol. The zero-order valence-electron chi connectivity index (χ0n) is 11.8. The van der Waals surface area contributed by atoms with Gasteiger partial charge in [0, 0.05) is 12.5 Å². The third kappa shape index (κ3) is 2.48. The van der Waals surface area contributed by atoms with E-state index < -0.39 is 0 Å². The Morgan fingerprint density at radius 3 is 3.05 bits per heavy atom. The van der Waals surface area contributed by atoms with Crippen LogP contribution in [0.15, 0.2) is 36.4 Å². The summed E-state index contributed by atoms with van der Waals surface area (Å²) in [5, 5.41) is 20.0. The van der Waals surface area contributed by atoms with E-state index in [1.165, 1.54) is 9.33 Å². The summed E-state index contributed by atoms with van der Waals surface area (Å²) < 4.78 is 2.63. The summed E-state index contributed by atoms with van der Waals surface area (Å²) in [6.45, 7) is 2.11. The van der Waals surface area contributed by atoms with Gasteiger partial charge in [0.05, 0.1) is 15.2 Å². The molecule has 0 spiro atoms. The van der Waals surface area contributed by atoms with Crippen molar-refractivity contribution in [2.45, 2.75) is 19.4 Å². The molecule has 4 aromatic rings. The standard InChI is InChI=1S/C14H13N7S/c1-9(8-14-16-10-4-2-3-5-11(10)22-14)15-12-6-7-13-17-19-20-21(13)18-12/h2-7,9H,8H2,1H3,(H,15,18). The molecule has 22 heavy (non-hydrogen) atoms. The highest BCUT2D eigenvalue weighted by atomic mass is 32.1. The van der Waals surface area contributed by atoms with Crippen LogP contribution in [0.4, 0.5) is 5.82 Å². The van der Waals surface area contributed by atoms with Gasteiger partial charge >= 0.3 is 0 Å². The van der Waals surface area contributed by atoms with Crippen LogP contribution in [-0.4, -0.2) is 36.3 Å². The summed E-state index contributed by atoms with van der Waals surface area (Å²) in [7, 11) is 0.